The molecule has 0 aliphatic heterocycles. The van der Waals surface area contributed by atoms with Crippen LogP contribution in [0.25, 0.3) is 0 Å². The second kappa shape index (κ2) is 8.46. The normalized spacial score (nSPS) is 16.5. The quantitative estimate of drug-likeness (QED) is 0.554. The molecule has 0 atom stereocenters. The molecule has 0 heterocycles. The van der Waals surface area contributed by atoms with Crippen molar-refractivity contribution in [2.75, 3.05) is 18.5 Å². The standard InChI is InChI=1S/C16H24N2O5S/c19-10-9-17-15-8-7-13(11-14(15)16(20)21)24(22,23)18-12-5-3-1-2-4-6-12/h7-8,11-12,17-19H,1-6,9-10H2,(H,20,21). The lowest BCUT2D eigenvalue weighted by molar-refractivity contribution is 0.0697. The van der Waals surface area contributed by atoms with Crippen LogP contribution in [-0.2, 0) is 10.0 Å². The number of aromatic carboxylic acids is 1. The molecule has 0 aromatic heterocycles. The molecule has 1 aliphatic carbocycles. The van der Waals surface area contributed by atoms with Gasteiger partial charge in [-0.25, -0.2) is 17.9 Å². The van der Waals surface area contributed by atoms with Crippen LogP contribution >= 0.6 is 0 Å². The van der Waals surface area contributed by atoms with E-state index in [1.165, 1.54) is 12.1 Å². The van der Waals surface area contributed by atoms with E-state index in [0.717, 1.165) is 44.6 Å². The summed E-state index contributed by atoms with van der Waals surface area (Å²) in [6.07, 6.45) is 5.84. The number of rotatable bonds is 7. The van der Waals surface area contributed by atoms with Crippen molar-refractivity contribution in [2.24, 2.45) is 0 Å². The molecule has 0 bridgehead atoms. The number of benzene rings is 1. The number of carboxylic acids is 1. The highest BCUT2D eigenvalue weighted by molar-refractivity contribution is 7.89. The van der Waals surface area contributed by atoms with E-state index in [2.05, 4.69) is 10.0 Å². The molecule has 24 heavy (non-hydrogen) atoms. The lowest BCUT2D eigenvalue weighted by Gasteiger charge is -2.17. The van der Waals surface area contributed by atoms with E-state index in [0.29, 0.717) is 0 Å². The zero-order valence-corrected chi connectivity index (χ0v) is 14.3. The van der Waals surface area contributed by atoms with Gasteiger partial charge in [-0.2, -0.15) is 0 Å². The lowest BCUT2D eigenvalue weighted by atomic mass is 10.1. The maximum absolute atomic E-state index is 12.5. The monoisotopic (exact) mass is 356 g/mol. The molecule has 0 spiro atoms. The number of carboxylic acid groups (broad SMARTS) is 1. The van der Waals surface area contributed by atoms with Crippen molar-refractivity contribution in [1.82, 2.24) is 4.72 Å². The van der Waals surface area contributed by atoms with E-state index in [1.807, 2.05) is 0 Å². The van der Waals surface area contributed by atoms with E-state index < -0.39 is 16.0 Å². The Morgan fingerprint density at radius 1 is 1.17 bits per heavy atom. The van der Waals surface area contributed by atoms with Gasteiger partial charge in [0.15, 0.2) is 0 Å². The van der Waals surface area contributed by atoms with Crippen molar-refractivity contribution in [3.63, 3.8) is 0 Å². The number of sulfonamides is 1. The Bertz CT molecular complexity index is 667. The van der Waals surface area contributed by atoms with Gasteiger partial charge in [0.1, 0.15) is 0 Å². The predicted octanol–water partition coefficient (Wildman–Crippen LogP) is 1.79. The minimum atomic E-state index is -3.76. The molecule has 1 aliphatic rings. The lowest BCUT2D eigenvalue weighted by Crippen LogP contribution is -2.34. The maximum atomic E-state index is 12.5. The van der Waals surface area contributed by atoms with Crippen LogP contribution in [0.5, 0.6) is 0 Å². The van der Waals surface area contributed by atoms with Crippen LogP contribution in [0.3, 0.4) is 0 Å². The molecule has 0 amide bonds. The van der Waals surface area contributed by atoms with Gasteiger partial charge < -0.3 is 15.5 Å². The summed E-state index contributed by atoms with van der Waals surface area (Å²) in [5.74, 6) is -1.22. The molecule has 1 fully saturated rings. The van der Waals surface area contributed by atoms with Crippen molar-refractivity contribution in [3.8, 4) is 0 Å². The molecule has 0 unspecified atom stereocenters. The summed E-state index contributed by atoms with van der Waals surface area (Å²) in [4.78, 5) is 11.3. The SMILES string of the molecule is O=C(O)c1cc(S(=O)(=O)NC2CCCCCC2)ccc1NCCO. The Hall–Kier alpha value is -1.64. The number of carbonyl (C=O) groups is 1. The van der Waals surface area contributed by atoms with Crippen LogP contribution in [0.2, 0.25) is 0 Å². The molecule has 8 heteroatoms. The minimum absolute atomic E-state index is 0.0568. The van der Waals surface area contributed by atoms with Crippen LogP contribution in [0.15, 0.2) is 23.1 Å². The number of nitrogens with one attached hydrogen (secondary N) is 2. The highest BCUT2D eigenvalue weighted by atomic mass is 32.2. The molecule has 2 rings (SSSR count). The van der Waals surface area contributed by atoms with E-state index in [-0.39, 0.29) is 35.3 Å². The Morgan fingerprint density at radius 2 is 1.83 bits per heavy atom. The van der Waals surface area contributed by atoms with Crippen molar-refractivity contribution >= 4 is 21.7 Å². The Kier molecular flexibility index (Phi) is 6.59. The molecule has 1 aromatic carbocycles. The molecule has 1 aromatic rings. The summed E-state index contributed by atoms with van der Waals surface area (Å²) in [6.45, 7) is 0.0368. The van der Waals surface area contributed by atoms with Crippen LogP contribution in [0, 0.1) is 0 Å². The summed E-state index contributed by atoms with van der Waals surface area (Å²) >= 11 is 0. The van der Waals surface area contributed by atoms with Gasteiger partial charge in [0.25, 0.3) is 0 Å². The maximum Gasteiger partial charge on any atom is 0.337 e. The van der Waals surface area contributed by atoms with Crippen molar-refractivity contribution in [1.29, 1.82) is 0 Å². The molecular weight excluding hydrogens is 332 g/mol. The number of aliphatic hydroxyl groups is 1. The number of aliphatic hydroxyl groups excluding tert-OH is 1. The molecule has 7 nitrogen and oxygen atoms in total. The smallest absolute Gasteiger partial charge is 0.337 e. The summed E-state index contributed by atoms with van der Waals surface area (Å²) in [7, 11) is -3.76. The molecule has 134 valence electrons. The summed E-state index contributed by atoms with van der Waals surface area (Å²) in [5.41, 5.74) is 0.150. The summed E-state index contributed by atoms with van der Waals surface area (Å²) in [6, 6.07) is 3.85. The molecule has 0 radical (unpaired) electrons. The van der Waals surface area contributed by atoms with Crippen molar-refractivity contribution in [2.45, 2.75) is 49.5 Å². The fraction of sp³-hybridized carbons (Fsp3) is 0.562. The molecule has 1 saturated carbocycles. The third kappa shape index (κ3) is 4.93. The Morgan fingerprint density at radius 3 is 2.42 bits per heavy atom. The topological polar surface area (TPSA) is 116 Å². The predicted molar refractivity (Wildman–Crippen MR) is 90.8 cm³/mol. The fourth-order valence-corrected chi connectivity index (χ4v) is 4.23. The third-order valence-corrected chi connectivity index (χ3v) is 5.65. The van der Waals surface area contributed by atoms with Gasteiger partial charge >= 0.3 is 5.97 Å². The van der Waals surface area contributed by atoms with Crippen molar-refractivity contribution in [3.05, 3.63) is 23.8 Å². The fourth-order valence-electron chi connectivity index (χ4n) is 2.90. The third-order valence-electron chi connectivity index (χ3n) is 4.14. The van der Waals surface area contributed by atoms with Gasteiger partial charge in [-0.1, -0.05) is 25.7 Å². The van der Waals surface area contributed by atoms with E-state index in [9.17, 15) is 18.3 Å². The summed E-state index contributed by atoms with van der Waals surface area (Å²) < 4.78 is 27.8. The Balaban J connectivity index is 2.22. The highest BCUT2D eigenvalue weighted by Gasteiger charge is 2.23. The first-order chi connectivity index (χ1) is 11.4. The molecule has 4 N–H and O–H groups in total. The number of hydrogen-bond donors (Lipinski definition) is 4. The van der Waals surface area contributed by atoms with Crippen LogP contribution in [-0.4, -0.2) is 43.8 Å². The molecule has 0 saturated heterocycles. The van der Waals surface area contributed by atoms with Crippen LogP contribution < -0.4 is 10.0 Å². The Labute approximate surface area is 142 Å². The second-order valence-corrected chi connectivity index (χ2v) is 7.69. The second-order valence-electron chi connectivity index (χ2n) is 5.97. The van der Waals surface area contributed by atoms with Crippen molar-refractivity contribution < 1.29 is 23.4 Å². The zero-order chi connectivity index (χ0) is 17.6. The van der Waals surface area contributed by atoms with E-state index in [4.69, 9.17) is 5.11 Å². The highest BCUT2D eigenvalue weighted by Crippen LogP contribution is 2.23. The van der Waals surface area contributed by atoms with Gasteiger partial charge in [-0.05, 0) is 31.0 Å². The molecular formula is C16H24N2O5S. The average molecular weight is 356 g/mol. The first kappa shape index (κ1) is 18.7. The number of hydrogen-bond acceptors (Lipinski definition) is 5. The van der Waals surface area contributed by atoms with Gasteiger partial charge in [-0.3, -0.25) is 0 Å². The van der Waals surface area contributed by atoms with E-state index in [1.54, 1.807) is 0 Å². The average Bonchev–Trinajstić information content (AvgIpc) is 2.80. The summed E-state index contributed by atoms with van der Waals surface area (Å²) in [5, 5.41) is 20.9. The van der Waals surface area contributed by atoms with Gasteiger partial charge in [0, 0.05) is 18.3 Å². The zero-order valence-electron chi connectivity index (χ0n) is 13.5. The largest absolute Gasteiger partial charge is 0.478 e. The first-order valence-corrected chi connectivity index (χ1v) is 9.67. The van der Waals surface area contributed by atoms with Crippen LogP contribution in [0.1, 0.15) is 48.9 Å². The van der Waals surface area contributed by atoms with Gasteiger partial charge in [0.05, 0.1) is 17.1 Å². The van der Waals surface area contributed by atoms with Crippen LogP contribution in [0.4, 0.5) is 5.69 Å². The van der Waals surface area contributed by atoms with Gasteiger partial charge in [0.2, 0.25) is 10.0 Å². The first-order valence-electron chi connectivity index (χ1n) is 8.18. The number of anilines is 1. The minimum Gasteiger partial charge on any atom is -0.478 e. The van der Waals surface area contributed by atoms with Gasteiger partial charge in [-0.15, -0.1) is 0 Å². The van der Waals surface area contributed by atoms with E-state index >= 15 is 0 Å².